The van der Waals surface area contributed by atoms with Gasteiger partial charge in [0.2, 0.25) is 5.95 Å². The fourth-order valence-electron chi connectivity index (χ4n) is 4.27. The molecule has 1 aliphatic carbocycles. The second kappa shape index (κ2) is 7.26. The molecule has 1 saturated heterocycles. The third-order valence-corrected chi connectivity index (χ3v) is 5.68. The molecule has 2 aliphatic rings. The highest BCUT2D eigenvalue weighted by Gasteiger charge is 2.35. The summed E-state index contributed by atoms with van der Waals surface area (Å²) in [4.78, 5) is 33.6. The van der Waals surface area contributed by atoms with Crippen molar-refractivity contribution in [3.05, 3.63) is 34.8 Å². The van der Waals surface area contributed by atoms with Gasteiger partial charge >= 0.3 is 0 Å². The maximum atomic E-state index is 12.7. The minimum atomic E-state index is -0.576. The van der Waals surface area contributed by atoms with Gasteiger partial charge in [0.05, 0.1) is 5.56 Å². The van der Waals surface area contributed by atoms with Gasteiger partial charge in [-0.15, -0.1) is 0 Å². The highest BCUT2D eigenvalue weighted by Crippen LogP contribution is 2.37. The smallest absolute Gasteiger partial charge is 0.254 e. The lowest BCUT2D eigenvalue weighted by atomic mass is 9.75. The number of Topliss-reactive ketones (excluding diaryl/α,β-unsaturated/α-hetero) is 1. The van der Waals surface area contributed by atoms with Crippen molar-refractivity contribution in [2.45, 2.75) is 52.5 Å². The molecule has 2 aromatic rings. The van der Waals surface area contributed by atoms with E-state index in [2.05, 4.69) is 29.1 Å². The molecule has 0 radical (unpaired) electrons. The number of hydrogen-bond acceptors (Lipinski definition) is 6. The first-order valence-corrected chi connectivity index (χ1v) is 10.0. The molecule has 0 bridgehead atoms. The van der Waals surface area contributed by atoms with Crippen molar-refractivity contribution in [3.8, 4) is 5.95 Å². The number of amides is 1. The maximum absolute atomic E-state index is 12.7. The van der Waals surface area contributed by atoms with Crippen LogP contribution in [0.3, 0.4) is 0 Å². The van der Waals surface area contributed by atoms with Crippen molar-refractivity contribution in [2.75, 3.05) is 18.5 Å². The average molecular weight is 397 g/mol. The van der Waals surface area contributed by atoms with Crippen LogP contribution in [-0.4, -0.2) is 45.5 Å². The lowest BCUT2D eigenvalue weighted by molar-refractivity contribution is 0.0901. The molecule has 3 N–H and O–H groups in total. The zero-order valence-corrected chi connectivity index (χ0v) is 17.1. The van der Waals surface area contributed by atoms with Gasteiger partial charge in [0, 0.05) is 49.3 Å². The fourth-order valence-corrected chi connectivity index (χ4v) is 4.27. The summed E-state index contributed by atoms with van der Waals surface area (Å²) < 4.78 is 7.28. The molecule has 2 aromatic heterocycles. The van der Waals surface area contributed by atoms with Crippen LogP contribution in [0.2, 0.25) is 0 Å². The van der Waals surface area contributed by atoms with Gasteiger partial charge in [-0.1, -0.05) is 13.8 Å². The van der Waals surface area contributed by atoms with Crippen molar-refractivity contribution in [3.63, 3.8) is 0 Å². The van der Waals surface area contributed by atoms with Gasteiger partial charge in [0.25, 0.3) is 5.91 Å². The van der Waals surface area contributed by atoms with Crippen molar-refractivity contribution in [1.29, 1.82) is 0 Å². The van der Waals surface area contributed by atoms with E-state index in [9.17, 15) is 9.59 Å². The number of ether oxygens (including phenoxy) is 1. The van der Waals surface area contributed by atoms with E-state index < -0.39 is 5.91 Å². The Morgan fingerprint density at radius 1 is 1.31 bits per heavy atom. The van der Waals surface area contributed by atoms with Crippen LogP contribution in [0.1, 0.15) is 65.1 Å². The molecule has 0 saturated carbocycles. The lowest BCUT2D eigenvalue weighted by Crippen LogP contribution is -2.30. The standard InChI is InChI=1S/C21H27N5O3/c1-12-11-26(15-8-21(2,3)9-16(27)17(12)15)20-23-10-14(18(22)28)19(25-20)24-13-4-6-29-7-5-13/h10-11,13H,4-9H2,1-3H3,(H2,22,28)(H,23,24,25). The largest absolute Gasteiger partial charge is 0.381 e. The molecule has 8 heteroatoms. The topological polar surface area (TPSA) is 112 Å². The highest BCUT2D eigenvalue weighted by atomic mass is 16.5. The Labute approximate surface area is 169 Å². The van der Waals surface area contributed by atoms with Crippen molar-refractivity contribution >= 4 is 17.5 Å². The first kappa shape index (κ1) is 19.6. The van der Waals surface area contributed by atoms with Gasteiger partial charge in [-0.3, -0.25) is 14.2 Å². The second-order valence-corrected chi connectivity index (χ2v) is 8.77. The Morgan fingerprint density at radius 3 is 2.72 bits per heavy atom. The van der Waals surface area contributed by atoms with Crippen molar-refractivity contribution in [1.82, 2.24) is 14.5 Å². The maximum Gasteiger partial charge on any atom is 0.254 e. The fraction of sp³-hybridized carbons (Fsp3) is 0.524. The van der Waals surface area contributed by atoms with Crippen LogP contribution in [0, 0.1) is 12.3 Å². The third kappa shape index (κ3) is 3.76. The van der Waals surface area contributed by atoms with Crippen LogP contribution in [0.15, 0.2) is 12.4 Å². The summed E-state index contributed by atoms with van der Waals surface area (Å²) in [5, 5.41) is 3.34. The molecule has 0 aromatic carbocycles. The zero-order chi connectivity index (χ0) is 20.8. The van der Waals surface area contributed by atoms with Gasteiger partial charge in [0.15, 0.2) is 5.78 Å². The predicted molar refractivity (Wildman–Crippen MR) is 109 cm³/mol. The predicted octanol–water partition coefficient (Wildman–Crippen LogP) is 2.42. The molecule has 1 aliphatic heterocycles. The number of fused-ring (bicyclic) bond motifs is 1. The molecular weight excluding hydrogens is 370 g/mol. The molecule has 0 spiro atoms. The normalized spacial score (nSPS) is 19.1. The molecule has 154 valence electrons. The van der Waals surface area contributed by atoms with E-state index in [1.807, 2.05) is 17.7 Å². The van der Waals surface area contributed by atoms with E-state index in [0.717, 1.165) is 36.1 Å². The minimum Gasteiger partial charge on any atom is -0.381 e. The molecule has 3 heterocycles. The Kier molecular flexibility index (Phi) is 4.90. The number of carbonyl (C=O) groups excluding carboxylic acids is 2. The summed E-state index contributed by atoms with van der Waals surface area (Å²) in [6, 6.07) is 0.158. The van der Waals surface area contributed by atoms with E-state index >= 15 is 0 Å². The van der Waals surface area contributed by atoms with Crippen LogP contribution in [-0.2, 0) is 11.2 Å². The number of aryl methyl sites for hydroxylation is 1. The van der Waals surface area contributed by atoms with E-state index in [1.165, 1.54) is 6.20 Å². The molecule has 4 rings (SSSR count). The first-order chi connectivity index (χ1) is 13.7. The number of primary amides is 1. The molecule has 0 atom stereocenters. The summed E-state index contributed by atoms with van der Waals surface area (Å²) >= 11 is 0. The van der Waals surface area contributed by atoms with Gasteiger partial charge < -0.3 is 15.8 Å². The van der Waals surface area contributed by atoms with E-state index in [-0.39, 0.29) is 22.8 Å². The summed E-state index contributed by atoms with van der Waals surface area (Å²) in [5.74, 6) is 0.435. The quantitative estimate of drug-likeness (QED) is 0.819. The molecule has 1 fully saturated rings. The molecule has 29 heavy (non-hydrogen) atoms. The average Bonchev–Trinajstić information content (AvgIpc) is 2.97. The van der Waals surface area contributed by atoms with E-state index in [4.69, 9.17) is 10.5 Å². The SMILES string of the molecule is Cc1cn(-c2ncc(C(N)=O)c(NC3CCOCC3)n2)c2c1C(=O)CC(C)(C)C2. The number of carbonyl (C=O) groups is 2. The number of ketones is 1. The number of nitrogens with zero attached hydrogens (tertiary/aromatic N) is 3. The lowest BCUT2D eigenvalue weighted by Gasteiger charge is -2.29. The van der Waals surface area contributed by atoms with Gasteiger partial charge in [-0.05, 0) is 37.2 Å². The van der Waals surface area contributed by atoms with Crippen LogP contribution in [0.4, 0.5) is 5.82 Å². The van der Waals surface area contributed by atoms with Gasteiger partial charge in [0.1, 0.15) is 5.82 Å². The Balaban J connectivity index is 1.76. The Hall–Kier alpha value is -2.74. The van der Waals surface area contributed by atoms with Crippen molar-refractivity contribution < 1.29 is 14.3 Å². The number of nitrogens with two attached hydrogens (primary N) is 1. The van der Waals surface area contributed by atoms with Crippen molar-refractivity contribution in [2.24, 2.45) is 11.1 Å². The van der Waals surface area contributed by atoms with Crippen LogP contribution in [0.25, 0.3) is 5.95 Å². The number of hydrogen-bond donors (Lipinski definition) is 2. The Morgan fingerprint density at radius 2 is 2.03 bits per heavy atom. The Bertz CT molecular complexity index is 973. The molecule has 0 unspecified atom stereocenters. The number of anilines is 1. The monoisotopic (exact) mass is 397 g/mol. The summed E-state index contributed by atoms with van der Waals surface area (Å²) in [5.41, 5.74) is 8.29. The third-order valence-electron chi connectivity index (χ3n) is 5.68. The summed E-state index contributed by atoms with van der Waals surface area (Å²) in [6.07, 6.45) is 6.32. The number of aromatic nitrogens is 3. The molecule has 1 amide bonds. The van der Waals surface area contributed by atoms with Gasteiger partial charge in [-0.2, -0.15) is 4.98 Å². The van der Waals surface area contributed by atoms with E-state index in [1.54, 1.807) is 0 Å². The first-order valence-electron chi connectivity index (χ1n) is 10.0. The van der Waals surface area contributed by atoms with Gasteiger partial charge in [-0.25, -0.2) is 4.98 Å². The number of nitrogens with one attached hydrogen (secondary N) is 1. The van der Waals surface area contributed by atoms with Crippen LogP contribution >= 0.6 is 0 Å². The van der Waals surface area contributed by atoms with E-state index in [0.29, 0.717) is 31.4 Å². The summed E-state index contributed by atoms with van der Waals surface area (Å²) in [6.45, 7) is 7.46. The second-order valence-electron chi connectivity index (χ2n) is 8.77. The highest BCUT2D eigenvalue weighted by molar-refractivity contribution is 6.00. The summed E-state index contributed by atoms with van der Waals surface area (Å²) in [7, 11) is 0. The minimum absolute atomic E-state index is 0.122. The molecule has 8 nitrogen and oxygen atoms in total. The van der Waals surface area contributed by atoms with Crippen LogP contribution < -0.4 is 11.1 Å². The molecular formula is C21H27N5O3. The number of rotatable bonds is 4. The van der Waals surface area contributed by atoms with Crippen LogP contribution in [0.5, 0.6) is 0 Å². The zero-order valence-electron chi connectivity index (χ0n) is 17.1.